The number of halogens is 2. The lowest BCUT2D eigenvalue weighted by molar-refractivity contribution is -0.114. The predicted molar refractivity (Wildman–Crippen MR) is 179 cm³/mol. The molecule has 0 saturated heterocycles. The number of carbonyl (C=O) groups excluding carboxylic acids is 3. The summed E-state index contributed by atoms with van der Waals surface area (Å²) in [4.78, 5) is 44.2. The Morgan fingerprint density at radius 1 is 0.909 bits per heavy atom. The zero-order valence-corrected chi connectivity index (χ0v) is 26.2. The van der Waals surface area contributed by atoms with E-state index in [4.69, 9.17) is 27.9 Å². The van der Waals surface area contributed by atoms with Gasteiger partial charge in [-0.15, -0.1) is 11.8 Å². The minimum absolute atomic E-state index is 0.0558. The third-order valence-corrected chi connectivity index (χ3v) is 8.71. The zero-order valence-electron chi connectivity index (χ0n) is 23.1. The van der Waals surface area contributed by atoms with E-state index in [1.165, 1.54) is 29.2 Å². The highest BCUT2D eigenvalue weighted by atomic mass is 35.5. The molecule has 0 unspecified atom stereocenters. The summed E-state index contributed by atoms with van der Waals surface area (Å²) in [6, 6.07) is 26.0. The number of amides is 3. The van der Waals surface area contributed by atoms with Crippen molar-refractivity contribution in [3.05, 3.63) is 118 Å². The minimum atomic E-state index is -0.586. The van der Waals surface area contributed by atoms with E-state index in [9.17, 15) is 14.4 Å². The average Bonchev–Trinajstić information content (AvgIpc) is 3.43. The van der Waals surface area contributed by atoms with Gasteiger partial charge in [0.15, 0.2) is 5.13 Å². The number of thioether (sulfide) groups is 1. The van der Waals surface area contributed by atoms with Crippen LogP contribution < -0.4 is 20.7 Å². The van der Waals surface area contributed by atoms with Gasteiger partial charge in [0.05, 0.1) is 23.1 Å². The summed E-state index contributed by atoms with van der Waals surface area (Å²) < 4.78 is 6.15. The molecule has 0 saturated carbocycles. The van der Waals surface area contributed by atoms with Crippen LogP contribution in [0.1, 0.15) is 15.9 Å². The van der Waals surface area contributed by atoms with Crippen LogP contribution in [-0.4, -0.2) is 35.6 Å². The van der Waals surface area contributed by atoms with E-state index >= 15 is 0 Å². The van der Waals surface area contributed by atoms with Crippen LogP contribution in [0.25, 0.3) is 16.3 Å². The third-order valence-electron chi connectivity index (χ3n) is 6.12. The van der Waals surface area contributed by atoms with Crippen molar-refractivity contribution in [2.24, 2.45) is 0 Å². The van der Waals surface area contributed by atoms with Gasteiger partial charge in [-0.3, -0.25) is 14.4 Å². The number of aromatic nitrogens is 1. The number of carbonyl (C=O) groups is 3. The van der Waals surface area contributed by atoms with Gasteiger partial charge in [0.2, 0.25) is 5.91 Å². The molecule has 3 N–H and O–H groups in total. The highest BCUT2D eigenvalue weighted by Crippen LogP contribution is 2.30. The Morgan fingerprint density at radius 2 is 1.66 bits per heavy atom. The standard InChI is InChI=1S/C32H24Cl2N4O4S2/c1-42-21-13-14-26-28(16-21)44-32(37-26)38-29(39)18-43-22-10-5-9-20(15-22)35-31(41)27(17-23-24(33)11-6-12-25(23)34)36-30(40)19-7-3-2-4-8-19/h2-17H,18H2,1H3,(H,35,41)(H,36,40)(H,37,38,39)/b27-17+. The number of nitrogens with zero attached hydrogens (tertiary/aromatic N) is 1. The number of ether oxygens (including phenoxy) is 1. The van der Waals surface area contributed by atoms with Crippen LogP contribution in [0.15, 0.2) is 102 Å². The molecule has 0 bridgehead atoms. The van der Waals surface area contributed by atoms with Gasteiger partial charge in [-0.1, -0.05) is 64.9 Å². The van der Waals surface area contributed by atoms with E-state index in [-0.39, 0.29) is 17.4 Å². The van der Waals surface area contributed by atoms with Crippen LogP contribution in [0, 0.1) is 0 Å². The van der Waals surface area contributed by atoms with Crippen molar-refractivity contribution in [2.75, 3.05) is 23.5 Å². The van der Waals surface area contributed by atoms with Crippen LogP contribution in [0.4, 0.5) is 10.8 Å². The van der Waals surface area contributed by atoms with Crippen LogP contribution in [-0.2, 0) is 9.59 Å². The fourth-order valence-electron chi connectivity index (χ4n) is 3.99. The molecule has 1 heterocycles. The summed E-state index contributed by atoms with van der Waals surface area (Å²) in [6.07, 6.45) is 1.43. The highest BCUT2D eigenvalue weighted by Gasteiger charge is 2.17. The number of benzene rings is 4. The first-order valence-electron chi connectivity index (χ1n) is 13.1. The Bertz CT molecular complexity index is 1860. The monoisotopic (exact) mass is 662 g/mol. The van der Waals surface area contributed by atoms with Crippen molar-refractivity contribution < 1.29 is 19.1 Å². The number of fused-ring (bicyclic) bond motifs is 1. The molecule has 8 nitrogen and oxygen atoms in total. The largest absolute Gasteiger partial charge is 0.497 e. The summed E-state index contributed by atoms with van der Waals surface area (Å²) in [5.41, 5.74) is 1.94. The van der Waals surface area contributed by atoms with Crippen LogP contribution in [0.2, 0.25) is 10.0 Å². The maximum absolute atomic E-state index is 13.4. The SMILES string of the molecule is COc1ccc2nc(NC(=O)CSc3cccc(NC(=O)/C(=C\c4c(Cl)cccc4Cl)NC(=O)c4ccccc4)c3)sc2c1. The maximum Gasteiger partial charge on any atom is 0.272 e. The van der Waals surface area contributed by atoms with E-state index in [2.05, 4.69) is 20.9 Å². The number of hydrogen-bond acceptors (Lipinski definition) is 7. The van der Waals surface area contributed by atoms with Gasteiger partial charge >= 0.3 is 0 Å². The number of thiazole rings is 1. The van der Waals surface area contributed by atoms with E-state index in [1.807, 2.05) is 24.3 Å². The fraction of sp³-hybridized carbons (Fsp3) is 0.0625. The van der Waals surface area contributed by atoms with Gasteiger partial charge in [-0.25, -0.2) is 4.98 Å². The van der Waals surface area contributed by atoms with Gasteiger partial charge in [-0.05, 0) is 66.7 Å². The van der Waals surface area contributed by atoms with Crippen molar-refractivity contribution in [1.29, 1.82) is 0 Å². The summed E-state index contributed by atoms with van der Waals surface area (Å²) >= 11 is 15.3. The van der Waals surface area contributed by atoms with Crippen molar-refractivity contribution in [1.82, 2.24) is 10.3 Å². The molecule has 44 heavy (non-hydrogen) atoms. The van der Waals surface area contributed by atoms with Gasteiger partial charge in [0, 0.05) is 31.8 Å². The maximum atomic E-state index is 13.4. The minimum Gasteiger partial charge on any atom is -0.497 e. The Morgan fingerprint density at radius 3 is 2.41 bits per heavy atom. The van der Waals surface area contributed by atoms with Crippen LogP contribution >= 0.6 is 46.3 Å². The Hall–Kier alpha value is -4.35. The molecule has 4 aromatic carbocycles. The Labute approximate surface area is 271 Å². The smallest absolute Gasteiger partial charge is 0.272 e. The molecule has 0 radical (unpaired) electrons. The molecule has 0 aliphatic rings. The summed E-state index contributed by atoms with van der Waals surface area (Å²) in [5.74, 6) is -0.438. The number of methoxy groups -OCH3 is 1. The first-order chi connectivity index (χ1) is 21.3. The van der Waals surface area contributed by atoms with Gasteiger partial charge < -0.3 is 20.7 Å². The molecule has 222 valence electrons. The zero-order chi connectivity index (χ0) is 31.1. The second kappa shape index (κ2) is 14.4. The van der Waals surface area contributed by atoms with Crippen molar-refractivity contribution in [3.63, 3.8) is 0 Å². The summed E-state index contributed by atoms with van der Waals surface area (Å²) in [5, 5.41) is 9.45. The van der Waals surface area contributed by atoms with Gasteiger partial charge in [-0.2, -0.15) is 0 Å². The highest BCUT2D eigenvalue weighted by molar-refractivity contribution is 8.00. The van der Waals surface area contributed by atoms with E-state index < -0.39 is 11.8 Å². The van der Waals surface area contributed by atoms with Crippen LogP contribution in [0.5, 0.6) is 5.75 Å². The summed E-state index contributed by atoms with van der Waals surface area (Å²) in [7, 11) is 1.60. The quantitative estimate of drug-likeness (QED) is 0.104. The topological polar surface area (TPSA) is 109 Å². The molecule has 0 aliphatic heterocycles. The molecular weight excluding hydrogens is 639 g/mol. The van der Waals surface area contributed by atoms with E-state index in [0.29, 0.717) is 32.0 Å². The van der Waals surface area contributed by atoms with E-state index in [1.54, 1.807) is 73.8 Å². The lowest BCUT2D eigenvalue weighted by Crippen LogP contribution is -2.30. The first-order valence-corrected chi connectivity index (χ1v) is 15.7. The lowest BCUT2D eigenvalue weighted by atomic mass is 10.1. The van der Waals surface area contributed by atoms with E-state index in [0.717, 1.165) is 20.9 Å². The first kappa shape index (κ1) is 31.1. The van der Waals surface area contributed by atoms with Crippen molar-refractivity contribution in [2.45, 2.75) is 4.90 Å². The second-order valence-corrected chi connectivity index (χ2v) is 12.1. The molecule has 0 spiro atoms. The molecular formula is C32H24Cl2N4O4S2. The Kier molecular flexibility index (Phi) is 10.2. The second-order valence-electron chi connectivity index (χ2n) is 9.18. The Balaban J connectivity index is 1.27. The lowest BCUT2D eigenvalue weighted by Gasteiger charge is -2.13. The normalized spacial score (nSPS) is 11.2. The van der Waals surface area contributed by atoms with Crippen LogP contribution in [0.3, 0.4) is 0 Å². The molecule has 12 heteroatoms. The molecule has 3 amide bonds. The molecule has 5 aromatic rings. The molecule has 1 aromatic heterocycles. The molecule has 5 rings (SSSR count). The van der Waals surface area contributed by atoms with Crippen molar-refractivity contribution >= 4 is 91.1 Å². The summed E-state index contributed by atoms with van der Waals surface area (Å²) in [6.45, 7) is 0. The number of nitrogens with one attached hydrogen (secondary N) is 3. The molecule has 0 aliphatic carbocycles. The number of hydrogen-bond donors (Lipinski definition) is 3. The van der Waals surface area contributed by atoms with Gasteiger partial charge in [0.1, 0.15) is 11.4 Å². The number of rotatable bonds is 10. The predicted octanol–water partition coefficient (Wildman–Crippen LogP) is 7.75. The average molecular weight is 664 g/mol. The molecule has 0 atom stereocenters. The van der Waals surface area contributed by atoms with Gasteiger partial charge in [0.25, 0.3) is 11.8 Å². The number of anilines is 2. The molecule has 0 fully saturated rings. The third kappa shape index (κ3) is 7.97. The van der Waals surface area contributed by atoms with Crippen molar-refractivity contribution in [3.8, 4) is 5.75 Å². The fourth-order valence-corrected chi connectivity index (χ4v) is 6.16.